The number of nitrogens with one attached hydrogen (secondary N) is 2. The molecule has 0 aliphatic heterocycles. The van der Waals surface area contributed by atoms with Crippen LogP contribution in [-0.4, -0.2) is 20.9 Å². The molecule has 0 bridgehead atoms. The first-order chi connectivity index (χ1) is 14.2. The van der Waals surface area contributed by atoms with E-state index in [4.69, 9.17) is 0 Å². The van der Waals surface area contributed by atoms with Crippen molar-refractivity contribution in [3.8, 4) is 0 Å². The lowest BCUT2D eigenvalue weighted by atomic mass is 10.2. The van der Waals surface area contributed by atoms with E-state index in [-0.39, 0.29) is 5.91 Å². The maximum Gasteiger partial charge on any atom is 0.249 e. The van der Waals surface area contributed by atoms with E-state index in [0.717, 1.165) is 21.1 Å². The van der Waals surface area contributed by atoms with E-state index in [1.54, 1.807) is 18.3 Å². The maximum atomic E-state index is 12.2. The summed E-state index contributed by atoms with van der Waals surface area (Å²) in [5.74, 6) is 0.789. The number of rotatable bonds is 5. The molecule has 4 aromatic rings. The van der Waals surface area contributed by atoms with E-state index in [1.807, 2.05) is 54.6 Å². The molecule has 142 valence electrons. The first kappa shape index (κ1) is 18.8. The molecule has 2 aromatic heterocycles. The van der Waals surface area contributed by atoms with Gasteiger partial charge in [0.15, 0.2) is 0 Å². The number of hydrogen-bond acceptors (Lipinski definition) is 5. The van der Waals surface area contributed by atoms with Gasteiger partial charge < -0.3 is 10.6 Å². The molecule has 0 aliphatic rings. The molecule has 29 heavy (non-hydrogen) atoms. The van der Waals surface area contributed by atoms with Crippen molar-refractivity contribution in [3.63, 3.8) is 0 Å². The number of hydrogen-bond donors (Lipinski definition) is 2. The second kappa shape index (κ2) is 8.62. The first-order valence-electron chi connectivity index (χ1n) is 8.85. The third-order valence-electron chi connectivity index (χ3n) is 4.09. The van der Waals surface area contributed by atoms with Crippen molar-refractivity contribution in [1.29, 1.82) is 0 Å². The number of anilines is 3. The monoisotopic (exact) mass is 445 g/mol. The van der Waals surface area contributed by atoms with E-state index >= 15 is 0 Å². The van der Waals surface area contributed by atoms with Gasteiger partial charge in [-0.1, -0.05) is 52.3 Å². The van der Waals surface area contributed by atoms with Gasteiger partial charge in [0.1, 0.15) is 18.0 Å². The van der Waals surface area contributed by atoms with E-state index in [9.17, 15) is 4.79 Å². The Hall–Kier alpha value is -3.58. The summed E-state index contributed by atoms with van der Waals surface area (Å²) in [5, 5.41) is 6.81. The number of nitrogens with zero attached hydrogens (tertiary/aromatic N) is 3. The molecule has 0 saturated heterocycles. The van der Waals surface area contributed by atoms with Crippen molar-refractivity contribution in [2.75, 3.05) is 10.6 Å². The van der Waals surface area contributed by atoms with E-state index in [2.05, 4.69) is 41.5 Å². The highest BCUT2D eigenvalue weighted by Gasteiger charge is 2.08. The molecule has 0 fully saturated rings. The van der Waals surface area contributed by atoms with Crippen molar-refractivity contribution >= 4 is 56.1 Å². The summed E-state index contributed by atoms with van der Waals surface area (Å²) in [6.45, 7) is 0. The highest BCUT2D eigenvalue weighted by molar-refractivity contribution is 9.10. The molecule has 2 aromatic carbocycles. The number of carbonyl (C=O) groups is 1. The van der Waals surface area contributed by atoms with Gasteiger partial charge in [-0.2, -0.15) is 0 Å². The summed E-state index contributed by atoms with van der Waals surface area (Å²) >= 11 is 3.46. The van der Waals surface area contributed by atoms with E-state index < -0.39 is 0 Å². The van der Waals surface area contributed by atoms with Crippen LogP contribution in [0.2, 0.25) is 0 Å². The van der Waals surface area contributed by atoms with Gasteiger partial charge in [0.05, 0.1) is 11.7 Å². The molecule has 0 atom stereocenters. The Bertz CT molecular complexity index is 1190. The molecule has 2 N–H and O–H groups in total. The number of aromatic nitrogens is 3. The molecule has 7 heteroatoms. The van der Waals surface area contributed by atoms with Crippen LogP contribution in [0.5, 0.6) is 0 Å². The minimum absolute atomic E-state index is 0.265. The smallest absolute Gasteiger partial charge is 0.249 e. The average molecular weight is 446 g/mol. The molecule has 6 nitrogen and oxygen atoms in total. The third-order valence-corrected chi connectivity index (χ3v) is 4.58. The minimum atomic E-state index is -0.265. The summed E-state index contributed by atoms with van der Waals surface area (Å²) in [4.78, 5) is 25.1. The lowest BCUT2D eigenvalue weighted by Gasteiger charge is -2.09. The van der Waals surface area contributed by atoms with Crippen LogP contribution in [0.4, 0.5) is 17.3 Å². The van der Waals surface area contributed by atoms with Crippen LogP contribution < -0.4 is 10.6 Å². The molecule has 0 aliphatic carbocycles. The number of halogens is 1. The van der Waals surface area contributed by atoms with Crippen molar-refractivity contribution < 1.29 is 4.79 Å². The van der Waals surface area contributed by atoms with Crippen LogP contribution in [-0.2, 0) is 4.79 Å². The van der Waals surface area contributed by atoms with Crippen LogP contribution in [0.25, 0.3) is 17.0 Å². The quantitative estimate of drug-likeness (QED) is 0.413. The molecule has 2 heterocycles. The van der Waals surface area contributed by atoms with Gasteiger partial charge in [0.2, 0.25) is 5.91 Å². The van der Waals surface area contributed by atoms with Gasteiger partial charge in [-0.05, 0) is 35.9 Å². The second-order valence-electron chi connectivity index (χ2n) is 6.18. The molecule has 0 saturated carbocycles. The summed E-state index contributed by atoms with van der Waals surface area (Å²) in [6.07, 6.45) is 6.31. The highest BCUT2D eigenvalue weighted by atomic mass is 79.9. The van der Waals surface area contributed by atoms with E-state index in [1.165, 1.54) is 12.4 Å². The Morgan fingerprint density at radius 3 is 2.66 bits per heavy atom. The topological polar surface area (TPSA) is 79.8 Å². The van der Waals surface area contributed by atoms with Crippen molar-refractivity contribution in [3.05, 3.63) is 89.3 Å². The minimum Gasteiger partial charge on any atom is -0.340 e. The van der Waals surface area contributed by atoms with Crippen LogP contribution in [0.3, 0.4) is 0 Å². The summed E-state index contributed by atoms with van der Waals surface area (Å²) in [5.41, 5.74) is 2.51. The zero-order chi connectivity index (χ0) is 20.1. The van der Waals surface area contributed by atoms with Crippen molar-refractivity contribution in [2.24, 2.45) is 0 Å². The largest absolute Gasteiger partial charge is 0.340 e. The van der Waals surface area contributed by atoms with Crippen LogP contribution in [0, 0.1) is 0 Å². The van der Waals surface area contributed by atoms with Crippen LogP contribution in [0.1, 0.15) is 5.56 Å². The summed E-state index contributed by atoms with van der Waals surface area (Å²) in [6, 6.07) is 19.1. The Morgan fingerprint density at radius 2 is 1.83 bits per heavy atom. The van der Waals surface area contributed by atoms with Gasteiger partial charge in [-0.3, -0.25) is 4.79 Å². The molecular weight excluding hydrogens is 430 g/mol. The van der Waals surface area contributed by atoms with Gasteiger partial charge in [0, 0.05) is 21.6 Å². The third kappa shape index (κ3) is 4.83. The highest BCUT2D eigenvalue weighted by Crippen LogP contribution is 2.25. The fourth-order valence-corrected chi connectivity index (χ4v) is 3.13. The first-order valence-corrected chi connectivity index (χ1v) is 9.64. The van der Waals surface area contributed by atoms with Gasteiger partial charge in [-0.15, -0.1) is 0 Å². The zero-order valence-corrected chi connectivity index (χ0v) is 16.8. The maximum absolute atomic E-state index is 12.2. The second-order valence-corrected chi connectivity index (χ2v) is 7.09. The summed E-state index contributed by atoms with van der Waals surface area (Å²) < 4.78 is 0.959. The number of benzene rings is 2. The predicted octanol–water partition coefficient (Wildman–Crippen LogP) is 5.18. The van der Waals surface area contributed by atoms with E-state index in [0.29, 0.717) is 17.2 Å². The Labute approximate surface area is 175 Å². The van der Waals surface area contributed by atoms with Crippen molar-refractivity contribution in [1.82, 2.24) is 15.0 Å². The lowest BCUT2D eigenvalue weighted by molar-refractivity contribution is -0.111. The molecule has 0 spiro atoms. The number of pyridine rings is 1. The number of amides is 1. The number of fused-ring (bicyclic) bond motifs is 1. The average Bonchev–Trinajstić information content (AvgIpc) is 2.73. The molecule has 0 radical (unpaired) electrons. The molecular formula is C22H16BrN5O. The Morgan fingerprint density at radius 1 is 0.966 bits per heavy atom. The van der Waals surface area contributed by atoms with Crippen LogP contribution in [0.15, 0.2) is 83.7 Å². The normalized spacial score (nSPS) is 10.9. The van der Waals surface area contributed by atoms with Gasteiger partial charge in [-0.25, -0.2) is 15.0 Å². The zero-order valence-electron chi connectivity index (χ0n) is 15.2. The molecule has 1 amide bonds. The van der Waals surface area contributed by atoms with Gasteiger partial charge in [0.25, 0.3) is 0 Å². The molecule has 4 rings (SSSR count). The van der Waals surface area contributed by atoms with Crippen LogP contribution >= 0.6 is 15.9 Å². The standard InChI is InChI=1S/C22H16BrN5O/c23-16-7-4-8-17(11-16)27-22-18-12-20(24-13-19(18)25-14-26-22)28-21(29)10-9-15-5-2-1-3-6-15/h1-14H,(H,24,28,29)(H,25,26,27)/b10-9+. The Balaban J connectivity index is 1.56. The SMILES string of the molecule is O=C(/C=C/c1ccccc1)Nc1cc2c(Nc3cccc(Br)c3)ncnc2cn1. The Kier molecular flexibility index (Phi) is 5.58. The lowest BCUT2D eigenvalue weighted by Crippen LogP contribution is -2.09. The predicted molar refractivity (Wildman–Crippen MR) is 119 cm³/mol. The van der Waals surface area contributed by atoms with Gasteiger partial charge >= 0.3 is 0 Å². The fraction of sp³-hybridized carbons (Fsp3) is 0. The summed E-state index contributed by atoms with van der Waals surface area (Å²) in [7, 11) is 0. The fourth-order valence-electron chi connectivity index (χ4n) is 2.73. The number of carbonyl (C=O) groups excluding carboxylic acids is 1. The van der Waals surface area contributed by atoms with Crippen molar-refractivity contribution in [2.45, 2.75) is 0 Å². The molecule has 0 unspecified atom stereocenters.